The summed E-state index contributed by atoms with van der Waals surface area (Å²) in [5, 5.41) is 3.25. The van der Waals surface area contributed by atoms with Crippen molar-refractivity contribution in [2.24, 2.45) is 11.8 Å². The molecular weight excluding hydrogens is 432 g/mol. The Hall–Kier alpha value is -1.18. The van der Waals surface area contributed by atoms with Crippen LogP contribution < -0.4 is 5.32 Å². The van der Waals surface area contributed by atoms with Crippen LogP contribution in [0.2, 0.25) is 0 Å². The Balaban J connectivity index is 0.00000150. The molecule has 4 nitrogen and oxygen atoms in total. The molecule has 4 rings (SSSR count). The second-order valence-corrected chi connectivity index (χ2v) is 8.72. The zero-order chi connectivity index (χ0) is 18.8. The monoisotopic (exact) mass is 459 g/mol. The molecule has 0 spiro atoms. The first kappa shape index (κ1) is 24.1. The van der Waals surface area contributed by atoms with Crippen molar-refractivity contribution in [2.75, 3.05) is 39.3 Å². The molecule has 1 atom stereocenters. The van der Waals surface area contributed by atoms with Crippen LogP contribution in [0.3, 0.4) is 0 Å². The standard InChI is InChI=1S/C21H26FN3OS.2ClH/c1-15(16-12-23-13-16)21(26)25-10-8-24(9-11-25)14-17-6-7-20(27-17)18-4-2-3-5-19(18)22;;/h2-7,15-16,23H,8-14H2,1H3;2*1H. The van der Waals surface area contributed by atoms with E-state index >= 15 is 0 Å². The second-order valence-electron chi connectivity index (χ2n) is 7.55. The van der Waals surface area contributed by atoms with Crippen LogP contribution >= 0.6 is 36.2 Å². The van der Waals surface area contributed by atoms with Crippen LogP contribution in [0.1, 0.15) is 11.8 Å². The molecule has 0 bridgehead atoms. The van der Waals surface area contributed by atoms with Crippen molar-refractivity contribution in [3.63, 3.8) is 0 Å². The van der Waals surface area contributed by atoms with Crippen molar-refractivity contribution in [2.45, 2.75) is 13.5 Å². The lowest BCUT2D eigenvalue weighted by molar-refractivity contribution is -0.139. The molecule has 2 aliphatic rings. The number of benzene rings is 1. The van der Waals surface area contributed by atoms with E-state index in [2.05, 4.69) is 23.2 Å². The van der Waals surface area contributed by atoms with Crippen LogP contribution in [0.25, 0.3) is 10.4 Å². The molecule has 1 aromatic heterocycles. The summed E-state index contributed by atoms with van der Waals surface area (Å²) >= 11 is 1.65. The Bertz CT molecular complexity index is 807. The van der Waals surface area contributed by atoms with Gasteiger partial charge in [-0.15, -0.1) is 36.2 Å². The average Bonchev–Trinajstić information content (AvgIpc) is 3.09. The van der Waals surface area contributed by atoms with E-state index in [1.807, 2.05) is 23.1 Å². The number of halogens is 3. The second kappa shape index (κ2) is 10.7. The molecule has 2 aromatic rings. The summed E-state index contributed by atoms with van der Waals surface area (Å²) in [5.41, 5.74) is 0.670. The van der Waals surface area contributed by atoms with Gasteiger partial charge >= 0.3 is 0 Å². The number of carbonyl (C=O) groups excluding carboxylic acids is 1. The average molecular weight is 460 g/mol. The number of hydrogen-bond donors (Lipinski definition) is 1. The van der Waals surface area contributed by atoms with Gasteiger partial charge in [0.05, 0.1) is 0 Å². The maximum absolute atomic E-state index is 14.0. The lowest BCUT2D eigenvalue weighted by Crippen LogP contribution is -2.54. The van der Waals surface area contributed by atoms with Gasteiger partial charge in [0, 0.05) is 54.0 Å². The first-order valence-electron chi connectivity index (χ1n) is 9.67. The first-order chi connectivity index (χ1) is 13.1. The molecular formula is C21H28Cl2FN3OS. The van der Waals surface area contributed by atoms with Crippen molar-refractivity contribution in [3.05, 3.63) is 47.1 Å². The van der Waals surface area contributed by atoms with Gasteiger partial charge in [0.2, 0.25) is 5.91 Å². The number of piperazine rings is 1. The Kier molecular flexibility index (Phi) is 8.91. The fourth-order valence-corrected chi connectivity index (χ4v) is 4.85. The predicted molar refractivity (Wildman–Crippen MR) is 122 cm³/mol. The zero-order valence-electron chi connectivity index (χ0n) is 16.5. The SMILES string of the molecule is CC(C(=O)N1CCN(Cc2ccc(-c3ccccc3F)s2)CC1)C1CNC1.Cl.Cl. The maximum atomic E-state index is 14.0. The molecule has 3 heterocycles. The third kappa shape index (κ3) is 5.50. The predicted octanol–water partition coefficient (Wildman–Crippen LogP) is 3.90. The summed E-state index contributed by atoms with van der Waals surface area (Å²) in [6.07, 6.45) is 0. The number of nitrogens with one attached hydrogen (secondary N) is 1. The van der Waals surface area contributed by atoms with E-state index in [9.17, 15) is 9.18 Å². The molecule has 1 unspecified atom stereocenters. The van der Waals surface area contributed by atoms with E-state index in [-0.39, 0.29) is 36.5 Å². The smallest absolute Gasteiger partial charge is 0.225 e. The molecule has 0 radical (unpaired) electrons. The van der Waals surface area contributed by atoms with Crippen LogP contribution in [0, 0.1) is 17.7 Å². The molecule has 2 fully saturated rings. The van der Waals surface area contributed by atoms with Crippen molar-refractivity contribution >= 4 is 42.1 Å². The maximum Gasteiger partial charge on any atom is 0.225 e. The number of hydrogen-bond acceptors (Lipinski definition) is 4. The highest BCUT2D eigenvalue weighted by atomic mass is 35.5. The van der Waals surface area contributed by atoms with Crippen molar-refractivity contribution in [1.82, 2.24) is 15.1 Å². The van der Waals surface area contributed by atoms with Crippen molar-refractivity contribution in [1.29, 1.82) is 0 Å². The summed E-state index contributed by atoms with van der Waals surface area (Å²) in [4.78, 5) is 19.3. The molecule has 2 aliphatic heterocycles. The lowest BCUT2D eigenvalue weighted by Gasteiger charge is -2.39. The fraction of sp³-hybridized carbons (Fsp3) is 0.476. The van der Waals surface area contributed by atoms with Crippen LogP contribution in [-0.2, 0) is 11.3 Å². The summed E-state index contributed by atoms with van der Waals surface area (Å²) in [5.74, 6) is 0.754. The largest absolute Gasteiger partial charge is 0.340 e. The van der Waals surface area contributed by atoms with Crippen LogP contribution in [-0.4, -0.2) is 55.0 Å². The van der Waals surface area contributed by atoms with Gasteiger partial charge in [0.15, 0.2) is 0 Å². The van der Waals surface area contributed by atoms with E-state index in [0.29, 0.717) is 17.4 Å². The lowest BCUT2D eigenvalue weighted by atomic mass is 9.88. The Morgan fingerprint density at radius 2 is 1.83 bits per heavy atom. The number of thiophene rings is 1. The van der Waals surface area contributed by atoms with Crippen LogP contribution in [0.4, 0.5) is 4.39 Å². The van der Waals surface area contributed by atoms with E-state index in [1.54, 1.807) is 17.4 Å². The van der Waals surface area contributed by atoms with E-state index in [0.717, 1.165) is 50.7 Å². The molecule has 1 N–H and O–H groups in total. The van der Waals surface area contributed by atoms with Crippen molar-refractivity contribution < 1.29 is 9.18 Å². The Morgan fingerprint density at radius 3 is 2.45 bits per heavy atom. The minimum absolute atomic E-state index is 0. The third-order valence-electron chi connectivity index (χ3n) is 5.77. The molecule has 2 saturated heterocycles. The minimum Gasteiger partial charge on any atom is -0.340 e. The summed E-state index contributed by atoms with van der Waals surface area (Å²) < 4.78 is 14.0. The number of amides is 1. The summed E-state index contributed by atoms with van der Waals surface area (Å²) in [7, 11) is 0. The van der Waals surface area contributed by atoms with Gasteiger partial charge in [-0.1, -0.05) is 25.1 Å². The van der Waals surface area contributed by atoms with Gasteiger partial charge in [0.25, 0.3) is 0 Å². The molecule has 29 heavy (non-hydrogen) atoms. The van der Waals surface area contributed by atoms with Gasteiger partial charge in [-0.2, -0.15) is 0 Å². The van der Waals surface area contributed by atoms with Crippen LogP contribution in [0.5, 0.6) is 0 Å². The fourth-order valence-electron chi connectivity index (χ4n) is 3.77. The highest BCUT2D eigenvalue weighted by Gasteiger charge is 2.32. The van der Waals surface area contributed by atoms with Gasteiger partial charge in [-0.3, -0.25) is 9.69 Å². The quantitative estimate of drug-likeness (QED) is 0.736. The number of carbonyl (C=O) groups is 1. The van der Waals surface area contributed by atoms with Gasteiger partial charge in [-0.25, -0.2) is 4.39 Å². The molecule has 160 valence electrons. The highest BCUT2D eigenvalue weighted by Crippen LogP contribution is 2.30. The van der Waals surface area contributed by atoms with Crippen LogP contribution in [0.15, 0.2) is 36.4 Å². The highest BCUT2D eigenvalue weighted by molar-refractivity contribution is 7.15. The van der Waals surface area contributed by atoms with Gasteiger partial charge < -0.3 is 10.2 Å². The Morgan fingerprint density at radius 1 is 1.14 bits per heavy atom. The van der Waals surface area contributed by atoms with E-state index in [4.69, 9.17) is 0 Å². The Labute approximate surface area is 188 Å². The summed E-state index contributed by atoms with van der Waals surface area (Å²) in [6, 6.07) is 11.0. The van der Waals surface area contributed by atoms with E-state index in [1.165, 1.54) is 10.9 Å². The first-order valence-corrected chi connectivity index (χ1v) is 10.5. The zero-order valence-corrected chi connectivity index (χ0v) is 18.9. The normalized spacial score (nSPS) is 18.3. The molecule has 0 aliphatic carbocycles. The number of rotatable bonds is 5. The third-order valence-corrected chi connectivity index (χ3v) is 6.88. The topological polar surface area (TPSA) is 35.6 Å². The minimum atomic E-state index is -0.172. The molecule has 1 amide bonds. The summed E-state index contributed by atoms with van der Waals surface area (Å²) in [6.45, 7) is 8.26. The van der Waals surface area contributed by atoms with Crippen molar-refractivity contribution in [3.8, 4) is 10.4 Å². The van der Waals surface area contributed by atoms with Gasteiger partial charge in [-0.05, 0) is 37.2 Å². The van der Waals surface area contributed by atoms with E-state index < -0.39 is 0 Å². The van der Waals surface area contributed by atoms with Gasteiger partial charge in [0.1, 0.15) is 5.82 Å². The molecule has 8 heteroatoms. The molecule has 1 aromatic carbocycles. The number of nitrogens with zero attached hydrogens (tertiary/aromatic N) is 2. The molecule has 0 saturated carbocycles.